The summed E-state index contributed by atoms with van der Waals surface area (Å²) >= 11 is 0. The highest BCUT2D eigenvalue weighted by Gasteiger charge is 2.04. The maximum Gasteiger partial charge on any atom is 0.237 e. The zero-order chi connectivity index (χ0) is 20.3. The first kappa shape index (κ1) is 19.2. The first-order chi connectivity index (χ1) is 13.4. The Morgan fingerprint density at radius 1 is 0.679 bits per heavy atom. The quantitative estimate of drug-likeness (QED) is 0.687. The van der Waals surface area contributed by atoms with Gasteiger partial charge in [0.2, 0.25) is 10.9 Å². The normalized spacial score (nSPS) is 12.3. The van der Waals surface area contributed by atoms with Crippen molar-refractivity contribution in [3.63, 3.8) is 0 Å². The van der Waals surface area contributed by atoms with Crippen molar-refractivity contribution in [1.82, 2.24) is 0 Å². The van der Waals surface area contributed by atoms with E-state index >= 15 is 0 Å². The molecule has 0 spiro atoms. The van der Waals surface area contributed by atoms with Crippen LogP contribution in [-0.2, 0) is 0 Å². The van der Waals surface area contributed by atoms with Gasteiger partial charge in [0.15, 0.2) is 5.36 Å². The fourth-order valence-electron chi connectivity index (χ4n) is 2.72. The van der Waals surface area contributed by atoms with Gasteiger partial charge < -0.3 is 0 Å². The van der Waals surface area contributed by atoms with Crippen LogP contribution < -0.4 is 32.4 Å². The second kappa shape index (κ2) is 8.00. The number of rotatable bonds is 4. The third-order valence-electron chi connectivity index (χ3n) is 4.87. The maximum absolute atomic E-state index is 12.7. The van der Waals surface area contributed by atoms with Gasteiger partial charge in [-0.15, -0.1) is 0 Å². The van der Waals surface area contributed by atoms with E-state index in [-0.39, 0.29) is 10.7 Å². The topological polar surface area (TPSA) is 82.9 Å². The smallest absolute Gasteiger partial charge is 0.237 e. The summed E-state index contributed by atoms with van der Waals surface area (Å²) in [6.07, 6.45) is 0. The second-order valence-electron chi connectivity index (χ2n) is 6.70. The number of hydrogen-bond donors (Lipinski definition) is 2. The standard InChI is InChI=1S/C22H22N4O2/c1-13-7-5-9-17(15(13)3)23-25-19-11-12-20(27)21(22(19)28)26-24-18-10-6-8-14(2)16(18)4/h5-12,23-24H,1-4H3/b25-19+,26-21-. The van der Waals surface area contributed by atoms with Crippen molar-refractivity contribution >= 4 is 11.4 Å². The molecule has 0 radical (unpaired) electrons. The van der Waals surface area contributed by atoms with Gasteiger partial charge in [-0.25, -0.2) is 0 Å². The van der Waals surface area contributed by atoms with E-state index in [1.54, 1.807) is 0 Å². The van der Waals surface area contributed by atoms with Crippen molar-refractivity contribution in [3.8, 4) is 0 Å². The molecule has 3 rings (SSSR count). The van der Waals surface area contributed by atoms with Crippen molar-refractivity contribution in [1.29, 1.82) is 0 Å². The lowest BCUT2D eigenvalue weighted by Gasteiger charge is -2.07. The molecule has 0 bridgehead atoms. The lowest BCUT2D eigenvalue weighted by Crippen LogP contribution is -2.48. The zero-order valence-electron chi connectivity index (χ0n) is 16.3. The van der Waals surface area contributed by atoms with Crippen LogP contribution in [0.1, 0.15) is 22.3 Å². The zero-order valence-corrected chi connectivity index (χ0v) is 16.3. The highest BCUT2D eigenvalue weighted by Crippen LogP contribution is 2.18. The number of nitrogens with zero attached hydrogens (tertiary/aromatic N) is 2. The van der Waals surface area contributed by atoms with E-state index in [9.17, 15) is 9.59 Å². The van der Waals surface area contributed by atoms with E-state index in [1.807, 2.05) is 64.1 Å². The van der Waals surface area contributed by atoms with Crippen LogP contribution >= 0.6 is 0 Å². The third-order valence-corrected chi connectivity index (χ3v) is 4.87. The first-order valence-electron chi connectivity index (χ1n) is 8.95. The van der Waals surface area contributed by atoms with Crippen LogP contribution in [0.15, 0.2) is 68.3 Å². The summed E-state index contributed by atoms with van der Waals surface area (Å²) in [5, 5.41) is 8.18. The van der Waals surface area contributed by atoms with Gasteiger partial charge in [0, 0.05) is 0 Å². The molecule has 3 aromatic rings. The predicted molar refractivity (Wildman–Crippen MR) is 112 cm³/mol. The summed E-state index contributed by atoms with van der Waals surface area (Å²) in [5.41, 5.74) is 10.6. The van der Waals surface area contributed by atoms with Gasteiger partial charge in [0.1, 0.15) is 5.36 Å². The Labute approximate surface area is 162 Å². The number of nitrogens with one attached hydrogen (secondary N) is 2. The molecule has 0 amide bonds. The largest absolute Gasteiger partial charge is 0.287 e. The monoisotopic (exact) mass is 374 g/mol. The van der Waals surface area contributed by atoms with Crippen LogP contribution in [0.4, 0.5) is 11.4 Å². The van der Waals surface area contributed by atoms with Crippen molar-refractivity contribution in [2.24, 2.45) is 10.2 Å². The summed E-state index contributed by atoms with van der Waals surface area (Å²) in [7, 11) is 0. The number of hydrogen-bond acceptors (Lipinski definition) is 6. The molecular weight excluding hydrogens is 352 g/mol. The SMILES string of the molecule is Cc1cccc(N/N=c2/c(=O)cc/c(=N\Nc3cccc(C)c3C)c2=O)c1C. The lowest BCUT2D eigenvalue weighted by molar-refractivity contribution is 1.10. The van der Waals surface area contributed by atoms with Crippen LogP contribution in [0.5, 0.6) is 0 Å². The predicted octanol–water partition coefficient (Wildman–Crippen LogP) is 2.37. The third kappa shape index (κ3) is 3.91. The fourth-order valence-corrected chi connectivity index (χ4v) is 2.72. The summed E-state index contributed by atoms with van der Waals surface area (Å²) in [6, 6.07) is 14.2. The minimum Gasteiger partial charge on any atom is -0.287 e. The van der Waals surface area contributed by atoms with Crippen molar-refractivity contribution in [3.05, 3.63) is 102 Å². The molecular formula is C22H22N4O2. The molecule has 6 nitrogen and oxygen atoms in total. The summed E-state index contributed by atoms with van der Waals surface area (Å²) in [4.78, 5) is 24.8. The molecule has 3 aromatic carbocycles. The second-order valence-corrected chi connectivity index (χ2v) is 6.70. The van der Waals surface area contributed by atoms with E-state index in [0.717, 1.165) is 33.6 Å². The molecule has 0 saturated heterocycles. The molecule has 0 unspecified atom stereocenters. The van der Waals surface area contributed by atoms with E-state index in [1.165, 1.54) is 12.1 Å². The van der Waals surface area contributed by atoms with Gasteiger partial charge in [-0.05, 0) is 74.2 Å². The molecule has 0 saturated carbocycles. The molecule has 6 heteroatoms. The number of anilines is 2. The van der Waals surface area contributed by atoms with E-state index < -0.39 is 10.9 Å². The molecule has 0 aliphatic rings. The molecule has 142 valence electrons. The van der Waals surface area contributed by atoms with Gasteiger partial charge in [-0.1, -0.05) is 24.3 Å². The molecule has 28 heavy (non-hydrogen) atoms. The van der Waals surface area contributed by atoms with Crippen molar-refractivity contribution in [2.75, 3.05) is 10.9 Å². The van der Waals surface area contributed by atoms with Crippen molar-refractivity contribution < 1.29 is 0 Å². The van der Waals surface area contributed by atoms with Crippen LogP contribution in [0, 0.1) is 27.7 Å². The molecule has 0 aromatic heterocycles. The molecule has 0 atom stereocenters. The lowest BCUT2D eigenvalue weighted by atomic mass is 10.1. The molecule has 0 aliphatic heterocycles. The van der Waals surface area contributed by atoms with Crippen LogP contribution in [-0.4, -0.2) is 0 Å². The fraction of sp³-hybridized carbons (Fsp3) is 0.182. The molecule has 0 fully saturated rings. The Kier molecular flexibility index (Phi) is 5.49. The first-order valence-corrected chi connectivity index (χ1v) is 8.95. The van der Waals surface area contributed by atoms with Gasteiger partial charge in [-0.3, -0.25) is 20.4 Å². The van der Waals surface area contributed by atoms with Crippen LogP contribution in [0.25, 0.3) is 0 Å². The highest BCUT2D eigenvalue weighted by atomic mass is 16.1. The minimum atomic E-state index is -0.525. The Bertz CT molecular complexity index is 1250. The van der Waals surface area contributed by atoms with Crippen molar-refractivity contribution in [2.45, 2.75) is 27.7 Å². The Hall–Kier alpha value is -3.54. The van der Waals surface area contributed by atoms with E-state index in [4.69, 9.17) is 0 Å². The highest BCUT2D eigenvalue weighted by molar-refractivity contribution is 5.53. The van der Waals surface area contributed by atoms with E-state index in [2.05, 4.69) is 21.1 Å². The van der Waals surface area contributed by atoms with Crippen LogP contribution in [0.3, 0.4) is 0 Å². The molecule has 2 N–H and O–H groups in total. The van der Waals surface area contributed by atoms with Gasteiger partial charge in [-0.2, -0.15) is 10.2 Å². The average molecular weight is 374 g/mol. The Balaban J connectivity index is 2.00. The maximum atomic E-state index is 12.7. The molecule has 0 aliphatic carbocycles. The molecule has 0 heterocycles. The Morgan fingerprint density at radius 3 is 1.79 bits per heavy atom. The van der Waals surface area contributed by atoms with Gasteiger partial charge >= 0.3 is 0 Å². The van der Waals surface area contributed by atoms with Crippen LogP contribution in [0.2, 0.25) is 0 Å². The minimum absolute atomic E-state index is 0.127. The van der Waals surface area contributed by atoms with E-state index in [0.29, 0.717) is 0 Å². The van der Waals surface area contributed by atoms with Gasteiger partial charge in [0.25, 0.3) is 0 Å². The summed E-state index contributed by atoms with van der Waals surface area (Å²) in [6.45, 7) is 7.91. The summed E-state index contributed by atoms with van der Waals surface area (Å²) in [5.74, 6) is 0. The average Bonchev–Trinajstić information content (AvgIpc) is 2.67. The van der Waals surface area contributed by atoms with Gasteiger partial charge in [0.05, 0.1) is 11.4 Å². The summed E-state index contributed by atoms with van der Waals surface area (Å²) < 4.78 is 0. The number of benzene rings is 3. The Morgan fingerprint density at radius 2 is 1.21 bits per heavy atom. The number of aryl methyl sites for hydroxylation is 2.